The third kappa shape index (κ3) is 4.81. The number of pyridine rings is 2. The van der Waals surface area contributed by atoms with Crippen LogP contribution in [0.1, 0.15) is 33.0 Å². The number of fused-ring (bicyclic) bond motifs is 1. The number of rotatable bonds is 6. The van der Waals surface area contributed by atoms with Crippen molar-refractivity contribution < 1.29 is 27.5 Å². The molecular formula is C23H19ClF3N7O3. The molecular weight excluding hydrogens is 515 g/mol. The van der Waals surface area contributed by atoms with Crippen LogP contribution in [0.2, 0.25) is 5.02 Å². The normalized spacial score (nSPS) is 13.5. The van der Waals surface area contributed by atoms with Gasteiger partial charge in [0.25, 0.3) is 11.8 Å². The van der Waals surface area contributed by atoms with Gasteiger partial charge in [0.1, 0.15) is 5.69 Å². The van der Waals surface area contributed by atoms with E-state index in [-0.39, 0.29) is 33.8 Å². The number of hydrogen-bond acceptors (Lipinski definition) is 6. The first-order chi connectivity index (χ1) is 17.6. The molecule has 1 saturated heterocycles. The monoisotopic (exact) mass is 533 g/mol. The number of alkyl halides is 3. The summed E-state index contributed by atoms with van der Waals surface area (Å²) in [5.41, 5.74) is 1.40. The van der Waals surface area contributed by atoms with Crippen LogP contribution in [-0.2, 0) is 0 Å². The van der Waals surface area contributed by atoms with Crippen molar-refractivity contribution in [2.24, 2.45) is 0 Å². The molecule has 37 heavy (non-hydrogen) atoms. The van der Waals surface area contributed by atoms with Crippen molar-refractivity contribution in [3.63, 3.8) is 0 Å². The lowest BCUT2D eigenvalue weighted by Crippen LogP contribution is -2.43. The molecule has 0 saturated carbocycles. The van der Waals surface area contributed by atoms with E-state index in [2.05, 4.69) is 20.5 Å². The second-order valence-corrected chi connectivity index (χ2v) is 8.72. The summed E-state index contributed by atoms with van der Waals surface area (Å²) in [7, 11) is 0. The highest BCUT2D eigenvalue weighted by molar-refractivity contribution is 6.32. The number of hydrogen-bond donors (Lipinski definition) is 1. The van der Waals surface area contributed by atoms with E-state index in [1.54, 1.807) is 30.0 Å². The minimum Gasteiger partial charge on any atom is -0.467 e. The zero-order chi connectivity index (χ0) is 26.3. The van der Waals surface area contributed by atoms with Crippen molar-refractivity contribution in [2.45, 2.75) is 19.5 Å². The smallest absolute Gasteiger partial charge is 0.422 e. The topological polar surface area (TPSA) is 107 Å². The largest absolute Gasteiger partial charge is 0.467 e. The van der Waals surface area contributed by atoms with Gasteiger partial charge in [0, 0.05) is 25.4 Å². The van der Waals surface area contributed by atoms with Crippen LogP contribution in [0.4, 0.5) is 18.9 Å². The highest BCUT2D eigenvalue weighted by atomic mass is 35.5. The highest BCUT2D eigenvalue weighted by Gasteiger charge is 2.31. The number of carbonyl (C=O) groups excluding carboxylic acids is 2. The van der Waals surface area contributed by atoms with Crippen LogP contribution in [-0.4, -0.2) is 67.0 Å². The Morgan fingerprint density at radius 1 is 1.19 bits per heavy atom. The van der Waals surface area contributed by atoms with Crippen LogP contribution < -0.4 is 10.1 Å². The number of nitrogens with one attached hydrogen (secondary N) is 1. The SMILES string of the molecule is Cc1cc2ccnn2c(C(=O)N2CCC2)c1NC(=O)c1cc(OCC(F)(F)F)nn1-c1ncccc1Cl. The molecule has 5 rings (SSSR count). The Morgan fingerprint density at radius 2 is 1.97 bits per heavy atom. The van der Waals surface area contributed by atoms with Crippen LogP contribution in [0.3, 0.4) is 0 Å². The number of ether oxygens (including phenoxy) is 1. The quantitative estimate of drug-likeness (QED) is 0.403. The minimum atomic E-state index is -4.61. The van der Waals surface area contributed by atoms with Crippen LogP contribution >= 0.6 is 11.6 Å². The van der Waals surface area contributed by atoms with E-state index < -0.39 is 24.6 Å². The van der Waals surface area contributed by atoms with Gasteiger partial charge in [-0.1, -0.05) is 11.6 Å². The summed E-state index contributed by atoms with van der Waals surface area (Å²) < 4.78 is 45.4. The summed E-state index contributed by atoms with van der Waals surface area (Å²) in [6.07, 6.45) is -0.820. The zero-order valence-electron chi connectivity index (χ0n) is 19.3. The van der Waals surface area contributed by atoms with Gasteiger partial charge in [0.05, 0.1) is 22.4 Å². The molecule has 0 unspecified atom stereocenters. The Labute approximate surface area is 212 Å². The summed E-state index contributed by atoms with van der Waals surface area (Å²) in [5.74, 6) is -1.54. The molecule has 0 spiro atoms. The summed E-state index contributed by atoms with van der Waals surface area (Å²) in [5, 5.41) is 11.0. The third-order valence-electron chi connectivity index (χ3n) is 5.71. The number of amides is 2. The fraction of sp³-hybridized carbons (Fsp3) is 0.261. The Balaban J connectivity index is 1.57. The molecule has 0 bridgehead atoms. The van der Waals surface area contributed by atoms with Crippen LogP contribution in [0.5, 0.6) is 5.88 Å². The number of aryl methyl sites for hydroxylation is 1. The molecule has 1 N–H and O–H groups in total. The van der Waals surface area contributed by atoms with Gasteiger partial charge in [0.2, 0.25) is 5.88 Å². The molecule has 10 nitrogen and oxygen atoms in total. The third-order valence-corrected chi connectivity index (χ3v) is 6.00. The fourth-order valence-corrected chi connectivity index (χ4v) is 4.04. The summed E-state index contributed by atoms with van der Waals surface area (Å²) in [6, 6.07) is 7.56. The zero-order valence-corrected chi connectivity index (χ0v) is 20.0. The van der Waals surface area contributed by atoms with Crippen molar-refractivity contribution in [1.29, 1.82) is 0 Å². The average Bonchev–Trinajstić information content (AvgIpc) is 3.43. The lowest BCUT2D eigenvalue weighted by molar-refractivity contribution is -0.154. The summed E-state index contributed by atoms with van der Waals surface area (Å²) >= 11 is 6.22. The first-order valence-electron chi connectivity index (χ1n) is 11.1. The van der Waals surface area contributed by atoms with Crippen LogP contribution in [0.25, 0.3) is 11.3 Å². The van der Waals surface area contributed by atoms with Crippen molar-refractivity contribution >= 4 is 34.6 Å². The van der Waals surface area contributed by atoms with Gasteiger partial charge < -0.3 is 15.0 Å². The Kier molecular flexibility index (Phi) is 6.23. The van der Waals surface area contributed by atoms with E-state index in [1.807, 2.05) is 0 Å². The molecule has 192 valence electrons. The number of likely N-dealkylation sites (tertiary alicyclic amines) is 1. The van der Waals surface area contributed by atoms with Crippen LogP contribution in [0, 0.1) is 6.92 Å². The van der Waals surface area contributed by atoms with Crippen molar-refractivity contribution in [1.82, 2.24) is 29.3 Å². The highest BCUT2D eigenvalue weighted by Crippen LogP contribution is 2.29. The van der Waals surface area contributed by atoms with Gasteiger partial charge in [-0.15, -0.1) is 5.10 Å². The lowest BCUT2D eigenvalue weighted by atomic mass is 10.1. The number of nitrogens with zero attached hydrogens (tertiary/aromatic N) is 6. The second kappa shape index (κ2) is 9.39. The number of anilines is 1. The van der Waals surface area contributed by atoms with E-state index in [1.165, 1.54) is 23.0 Å². The van der Waals surface area contributed by atoms with E-state index in [0.717, 1.165) is 17.2 Å². The van der Waals surface area contributed by atoms with Gasteiger partial charge in [-0.25, -0.2) is 14.2 Å². The number of carbonyl (C=O) groups is 2. The fourth-order valence-electron chi connectivity index (χ4n) is 3.84. The van der Waals surface area contributed by atoms with Gasteiger partial charge in [-0.05, 0) is 43.2 Å². The average molecular weight is 534 g/mol. The minimum absolute atomic E-state index is 0.00676. The van der Waals surface area contributed by atoms with E-state index >= 15 is 0 Å². The molecule has 2 amide bonds. The van der Waals surface area contributed by atoms with E-state index in [4.69, 9.17) is 16.3 Å². The predicted octanol–water partition coefficient (Wildman–Crippen LogP) is 3.92. The lowest BCUT2D eigenvalue weighted by Gasteiger charge is -2.31. The first kappa shape index (κ1) is 24.6. The molecule has 4 aromatic heterocycles. The van der Waals surface area contributed by atoms with Gasteiger partial charge in [-0.2, -0.15) is 18.3 Å². The second-order valence-electron chi connectivity index (χ2n) is 8.31. The Hall–Kier alpha value is -4.13. The van der Waals surface area contributed by atoms with Crippen molar-refractivity contribution in [2.75, 3.05) is 25.0 Å². The maximum atomic E-state index is 13.5. The molecule has 0 aliphatic carbocycles. The molecule has 5 heterocycles. The Bertz CT molecular complexity index is 1510. The first-order valence-corrected chi connectivity index (χ1v) is 11.5. The van der Waals surface area contributed by atoms with Gasteiger partial charge in [-0.3, -0.25) is 9.59 Å². The molecule has 0 aromatic carbocycles. The number of aromatic nitrogens is 5. The summed E-state index contributed by atoms with van der Waals surface area (Å²) in [6.45, 7) is 1.27. The standard InChI is InChI=1S/C23H19ClF3N7O3/c1-13-10-14-5-7-29-33(14)19(22(36)32-8-3-9-32)18(13)30-21(35)16-11-17(37-12-23(25,26)27)31-34(16)20-15(24)4-2-6-28-20/h2,4-7,10-11H,3,8-9,12H2,1H3,(H,30,35). The predicted molar refractivity (Wildman–Crippen MR) is 126 cm³/mol. The maximum Gasteiger partial charge on any atom is 0.422 e. The Morgan fingerprint density at radius 3 is 2.65 bits per heavy atom. The maximum absolute atomic E-state index is 13.5. The van der Waals surface area contributed by atoms with Crippen LogP contribution in [0.15, 0.2) is 42.7 Å². The molecule has 0 radical (unpaired) electrons. The van der Waals surface area contributed by atoms with E-state index in [9.17, 15) is 22.8 Å². The molecule has 14 heteroatoms. The molecule has 4 aromatic rings. The van der Waals surface area contributed by atoms with E-state index in [0.29, 0.717) is 24.2 Å². The van der Waals surface area contributed by atoms with Gasteiger partial charge in [0.15, 0.2) is 18.1 Å². The number of halogens is 4. The molecule has 1 aliphatic heterocycles. The van der Waals surface area contributed by atoms with Gasteiger partial charge >= 0.3 is 6.18 Å². The molecule has 1 aliphatic rings. The molecule has 0 atom stereocenters. The van der Waals surface area contributed by atoms with Crippen molar-refractivity contribution in [3.8, 4) is 11.7 Å². The summed E-state index contributed by atoms with van der Waals surface area (Å²) in [4.78, 5) is 32.5. The molecule has 1 fully saturated rings. The van der Waals surface area contributed by atoms with Crippen molar-refractivity contribution in [3.05, 3.63) is 64.7 Å².